The summed E-state index contributed by atoms with van der Waals surface area (Å²) in [5.41, 5.74) is 2.29. The van der Waals surface area contributed by atoms with Gasteiger partial charge in [0.25, 0.3) is 0 Å². The van der Waals surface area contributed by atoms with Crippen molar-refractivity contribution in [3.8, 4) is 11.3 Å². The number of hydrogen-bond acceptors (Lipinski definition) is 8. The number of hydrogen-bond donors (Lipinski definition) is 3. The average molecular weight is 552 g/mol. The molecule has 0 spiro atoms. The molecular weight excluding hydrogens is 513 g/mol. The lowest BCUT2D eigenvalue weighted by molar-refractivity contribution is -0.0324. The number of nitrogens with zero attached hydrogens (tertiary/aromatic N) is 4. The minimum Gasteiger partial charge on any atom is -0.393 e. The predicted molar refractivity (Wildman–Crippen MR) is 151 cm³/mol. The maximum Gasteiger partial charge on any atom is 0.223 e. The molecule has 5 atom stereocenters. The normalized spacial score (nSPS) is 27.3. The van der Waals surface area contributed by atoms with Gasteiger partial charge in [-0.25, -0.2) is 14.4 Å². The number of nitrogens with one attached hydrogen (secondary N) is 1. The first-order valence-corrected chi connectivity index (χ1v) is 14.5. The van der Waals surface area contributed by atoms with Crippen LogP contribution in [0.3, 0.4) is 0 Å². The third kappa shape index (κ3) is 5.25. The molecule has 2 aromatic heterocycles. The largest absolute Gasteiger partial charge is 0.393 e. The van der Waals surface area contributed by atoms with Gasteiger partial charge in [0.05, 0.1) is 36.6 Å². The second-order valence-electron chi connectivity index (χ2n) is 11.8. The van der Waals surface area contributed by atoms with Crippen molar-refractivity contribution in [2.24, 2.45) is 0 Å². The molecule has 3 fully saturated rings. The van der Waals surface area contributed by atoms with E-state index in [1.54, 1.807) is 18.2 Å². The third-order valence-corrected chi connectivity index (χ3v) is 8.75. The molecule has 214 valence electrons. The fourth-order valence-corrected chi connectivity index (χ4v) is 6.86. The van der Waals surface area contributed by atoms with E-state index in [9.17, 15) is 15.0 Å². The van der Waals surface area contributed by atoms with Gasteiger partial charge in [-0.05, 0) is 58.1 Å². The number of aliphatic hydroxyl groups is 2. The minimum absolute atomic E-state index is 0.0605. The molecule has 9 nitrogen and oxygen atoms in total. The van der Waals surface area contributed by atoms with Crippen molar-refractivity contribution in [2.45, 2.75) is 95.3 Å². The maximum atomic E-state index is 15.1. The quantitative estimate of drug-likeness (QED) is 0.426. The lowest BCUT2D eigenvalue weighted by atomic mass is 9.83. The van der Waals surface area contributed by atoms with E-state index in [1.807, 2.05) is 6.07 Å². The molecule has 0 saturated carbocycles. The molecule has 6 rings (SSSR count). The van der Waals surface area contributed by atoms with E-state index in [-0.39, 0.29) is 41.9 Å². The highest BCUT2D eigenvalue weighted by atomic mass is 19.1. The number of halogens is 1. The Morgan fingerprint density at radius 1 is 1.15 bits per heavy atom. The van der Waals surface area contributed by atoms with E-state index in [4.69, 9.17) is 4.74 Å². The summed E-state index contributed by atoms with van der Waals surface area (Å²) < 4.78 is 22.6. The van der Waals surface area contributed by atoms with Crippen LogP contribution in [0.25, 0.3) is 22.2 Å². The van der Waals surface area contributed by atoms with Gasteiger partial charge in [-0.3, -0.25) is 9.69 Å². The molecule has 10 heteroatoms. The van der Waals surface area contributed by atoms with Gasteiger partial charge in [0.1, 0.15) is 5.69 Å². The Hall–Kier alpha value is -2.92. The van der Waals surface area contributed by atoms with Crippen LogP contribution in [0, 0.1) is 5.82 Å². The van der Waals surface area contributed by atoms with Crippen LogP contribution in [0.1, 0.15) is 64.1 Å². The fraction of sp³-hybridized carbons (Fsp3) is 0.567. The number of anilines is 1. The van der Waals surface area contributed by atoms with Crippen LogP contribution in [-0.2, 0) is 11.3 Å². The predicted octanol–water partition coefficient (Wildman–Crippen LogP) is 3.62. The van der Waals surface area contributed by atoms with E-state index >= 15 is 4.39 Å². The number of aromatic nitrogens is 3. The van der Waals surface area contributed by atoms with Crippen LogP contribution in [0.2, 0.25) is 0 Å². The lowest BCUT2D eigenvalue weighted by Gasteiger charge is -2.48. The molecule has 1 unspecified atom stereocenters. The van der Waals surface area contributed by atoms with Gasteiger partial charge in [0.2, 0.25) is 5.95 Å². The zero-order chi connectivity index (χ0) is 28.0. The summed E-state index contributed by atoms with van der Waals surface area (Å²) in [6.07, 6.45) is 5.61. The molecule has 40 heavy (non-hydrogen) atoms. The van der Waals surface area contributed by atoms with Crippen LogP contribution < -0.4 is 10.7 Å². The van der Waals surface area contributed by atoms with Crippen molar-refractivity contribution in [1.29, 1.82) is 0 Å². The monoisotopic (exact) mass is 551 g/mol. The Balaban J connectivity index is 1.38. The fourth-order valence-electron chi connectivity index (χ4n) is 6.86. The molecule has 3 aliphatic heterocycles. The molecule has 3 aliphatic rings. The molecule has 0 amide bonds. The third-order valence-electron chi connectivity index (χ3n) is 8.75. The Labute approximate surface area is 233 Å². The molecular formula is C30H38FN5O4. The van der Waals surface area contributed by atoms with Gasteiger partial charge < -0.3 is 24.8 Å². The number of aliphatic hydroxyl groups excluding tert-OH is 2. The topological polar surface area (TPSA) is 113 Å². The van der Waals surface area contributed by atoms with Crippen molar-refractivity contribution < 1.29 is 19.3 Å². The van der Waals surface area contributed by atoms with Gasteiger partial charge in [0.15, 0.2) is 11.2 Å². The molecule has 0 radical (unpaired) electrons. The zero-order valence-electron chi connectivity index (χ0n) is 23.1. The van der Waals surface area contributed by atoms with Crippen molar-refractivity contribution in [1.82, 2.24) is 19.4 Å². The SMILES string of the molecule is CC(C)n1c(CN2[C@@H]3CCC[C@H]2CC(O)C3)cc(=O)c2ccc(-c3nc(N[C@@H]4CCOC[C@H]4O)ncc3F)cc21. The van der Waals surface area contributed by atoms with Gasteiger partial charge in [-0.2, -0.15) is 0 Å². The van der Waals surface area contributed by atoms with Crippen LogP contribution >= 0.6 is 0 Å². The van der Waals surface area contributed by atoms with Gasteiger partial charge in [-0.15, -0.1) is 0 Å². The van der Waals surface area contributed by atoms with Crippen molar-refractivity contribution in [3.05, 3.63) is 52.2 Å². The highest BCUT2D eigenvalue weighted by Crippen LogP contribution is 2.36. The average Bonchev–Trinajstić information content (AvgIpc) is 2.91. The molecule has 1 aromatic carbocycles. The number of rotatable bonds is 6. The smallest absolute Gasteiger partial charge is 0.223 e. The minimum atomic E-state index is -0.701. The Morgan fingerprint density at radius 2 is 1.93 bits per heavy atom. The van der Waals surface area contributed by atoms with E-state index < -0.39 is 11.9 Å². The summed E-state index contributed by atoms with van der Waals surface area (Å²) in [6, 6.07) is 7.47. The summed E-state index contributed by atoms with van der Waals surface area (Å²) >= 11 is 0. The maximum absolute atomic E-state index is 15.1. The lowest BCUT2D eigenvalue weighted by Crippen LogP contribution is -2.53. The van der Waals surface area contributed by atoms with Crippen LogP contribution in [0.5, 0.6) is 0 Å². The highest BCUT2D eigenvalue weighted by Gasteiger charge is 2.38. The number of benzene rings is 1. The summed E-state index contributed by atoms with van der Waals surface area (Å²) in [4.78, 5) is 24.4. The molecule has 5 heterocycles. The van der Waals surface area contributed by atoms with E-state index in [0.29, 0.717) is 42.6 Å². The second-order valence-corrected chi connectivity index (χ2v) is 11.8. The molecule has 0 aliphatic carbocycles. The first kappa shape index (κ1) is 27.3. The number of ether oxygens (including phenoxy) is 1. The molecule has 3 saturated heterocycles. The zero-order valence-corrected chi connectivity index (χ0v) is 23.1. The second kappa shape index (κ2) is 11.2. The Bertz CT molecular complexity index is 1430. The van der Waals surface area contributed by atoms with Crippen molar-refractivity contribution >= 4 is 16.9 Å². The van der Waals surface area contributed by atoms with Crippen molar-refractivity contribution in [3.63, 3.8) is 0 Å². The number of pyridine rings is 1. The van der Waals surface area contributed by atoms with Crippen LogP contribution in [-0.4, -0.2) is 73.2 Å². The summed E-state index contributed by atoms with van der Waals surface area (Å²) in [5.74, 6) is -0.331. The van der Waals surface area contributed by atoms with Gasteiger partial charge in [0, 0.05) is 54.0 Å². The first-order chi connectivity index (χ1) is 19.3. The van der Waals surface area contributed by atoms with E-state index in [1.165, 1.54) is 6.42 Å². The highest BCUT2D eigenvalue weighted by molar-refractivity contribution is 5.84. The molecule has 3 N–H and O–H groups in total. The first-order valence-electron chi connectivity index (χ1n) is 14.5. The summed E-state index contributed by atoms with van der Waals surface area (Å²) in [6.45, 7) is 5.56. The summed E-state index contributed by atoms with van der Waals surface area (Å²) in [7, 11) is 0. The van der Waals surface area contributed by atoms with Crippen LogP contribution in [0.4, 0.5) is 10.3 Å². The molecule has 2 bridgehead atoms. The van der Waals surface area contributed by atoms with E-state index in [2.05, 4.69) is 38.6 Å². The van der Waals surface area contributed by atoms with Crippen LogP contribution in [0.15, 0.2) is 35.3 Å². The summed E-state index contributed by atoms with van der Waals surface area (Å²) in [5, 5.41) is 24.3. The number of fused-ring (bicyclic) bond motifs is 3. The number of piperidine rings is 2. The van der Waals surface area contributed by atoms with Gasteiger partial charge in [-0.1, -0.05) is 12.5 Å². The van der Waals surface area contributed by atoms with Crippen molar-refractivity contribution in [2.75, 3.05) is 18.5 Å². The van der Waals surface area contributed by atoms with Gasteiger partial charge >= 0.3 is 0 Å². The van der Waals surface area contributed by atoms with E-state index in [0.717, 1.165) is 43.1 Å². The Kier molecular flexibility index (Phi) is 7.60. The Morgan fingerprint density at radius 3 is 2.65 bits per heavy atom. The molecule has 3 aromatic rings. The standard InChI is InChI=1S/C30H38FN5O4/c1-17(2)36-21(15-35-19-4-3-5-20(35)12-22(37)11-19)13-27(38)23-7-6-18(10-26(23)36)29-24(31)14-32-30(34-29)33-25-8-9-40-16-28(25)39/h6-7,10,13-14,17,19-20,22,25,28,37,39H,3-5,8-9,11-12,15-16H2,1-2H3,(H,32,33,34)/t19-,20+,22?,25-,28-/m1/s1.